The third kappa shape index (κ3) is 31.1. The van der Waals surface area contributed by atoms with E-state index in [-0.39, 0.29) is 26.1 Å². The van der Waals surface area contributed by atoms with E-state index in [1.54, 1.807) is 0 Å². The molecule has 15 heteroatoms. The molecular formula is C57H104O15. The van der Waals surface area contributed by atoms with Gasteiger partial charge in [0, 0.05) is 12.8 Å². The number of rotatable bonds is 46. The quantitative estimate of drug-likeness (QED) is 0.0171. The Balaban J connectivity index is 1.75. The summed E-state index contributed by atoms with van der Waals surface area (Å²) in [5, 5.41) is 72.2. The Kier molecular flexibility index (Phi) is 40.5. The van der Waals surface area contributed by atoms with Crippen molar-refractivity contribution < 1.29 is 73.8 Å². The topological polar surface area (TPSA) is 231 Å². The zero-order valence-electron chi connectivity index (χ0n) is 44.9. The highest BCUT2D eigenvalue weighted by Gasteiger charge is 2.47. The Morgan fingerprint density at radius 3 is 1.24 bits per heavy atom. The number of hydrogen-bond donors (Lipinski definition) is 7. The number of carbonyl (C=O) groups is 2. The summed E-state index contributed by atoms with van der Waals surface area (Å²) >= 11 is 0. The summed E-state index contributed by atoms with van der Waals surface area (Å²) in [6, 6.07) is 0. The number of aliphatic hydroxyl groups is 7. The van der Waals surface area contributed by atoms with Crippen LogP contribution in [0.1, 0.15) is 232 Å². The molecule has 0 radical (unpaired) electrons. The largest absolute Gasteiger partial charge is 0.462 e. The monoisotopic (exact) mass is 1030 g/mol. The number of carbonyl (C=O) groups excluding carboxylic acids is 2. The maximum Gasteiger partial charge on any atom is 0.306 e. The van der Waals surface area contributed by atoms with E-state index in [0.717, 1.165) is 44.9 Å². The minimum atomic E-state index is -1.77. The second-order valence-corrected chi connectivity index (χ2v) is 20.5. The Morgan fingerprint density at radius 2 is 0.792 bits per heavy atom. The van der Waals surface area contributed by atoms with Gasteiger partial charge in [-0.3, -0.25) is 9.59 Å². The molecule has 0 amide bonds. The van der Waals surface area contributed by atoms with E-state index < -0.39 is 92.7 Å². The molecule has 2 fully saturated rings. The molecule has 0 spiro atoms. The minimum absolute atomic E-state index is 0.147. The van der Waals surface area contributed by atoms with Gasteiger partial charge in [0.1, 0.15) is 55.4 Å². The number of allylic oxidation sites excluding steroid dienone is 4. The molecule has 2 aliphatic heterocycles. The van der Waals surface area contributed by atoms with E-state index in [4.69, 9.17) is 28.4 Å². The van der Waals surface area contributed by atoms with E-state index in [1.165, 1.54) is 148 Å². The van der Waals surface area contributed by atoms with Crippen molar-refractivity contribution in [2.75, 3.05) is 26.4 Å². The lowest BCUT2D eigenvalue weighted by atomic mass is 9.98. The molecule has 0 saturated carbocycles. The first-order valence-corrected chi connectivity index (χ1v) is 28.9. The van der Waals surface area contributed by atoms with E-state index in [9.17, 15) is 45.3 Å². The van der Waals surface area contributed by atoms with Gasteiger partial charge in [0.25, 0.3) is 0 Å². The Morgan fingerprint density at radius 1 is 0.431 bits per heavy atom. The number of aliphatic hydroxyl groups excluding tert-OH is 7. The fourth-order valence-corrected chi connectivity index (χ4v) is 9.15. The average molecular weight is 1030 g/mol. The lowest BCUT2D eigenvalue weighted by Crippen LogP contribution is -2.61. The molecule has 422 valence electrons. The van der Waals surface area contributed by atoms with Crippen LogP contribution in [0.2, 0.25) is 0 Å². The zero-order chi connectivity index (χ0) is 52.4. The van der Waals surface area contributed by atoms with Gasteiger partial charge in [0.15, 0.2) is 18.7 Å². The van der Waals surface area contributed by atoms with Gasteiger partial charge in [-0.25, -0.2) is 0 Å². The molecule has 0 aromatic rings. The molecule has 2 rings (SSSR count). The average Bonchev–Trinajstić information content (AvgIpc) is 3.37. The van der Waals surface area contributed by atoms with Crippen molar-refractivity contribution >= 4 is 11.9 Å². The molecule has 0 bridgehead atoms. The molecule has 0 aromatic carbocycles. The molecule has 2 heterocycles. The van der Waals surface area contributed by atoms with Crippen molar-refractivity contribution in [1.29, 1.82) is 0 Å². The Hall–Kier alpha value is -2.02. The highest BCUT2D eigenvalue weighted by molar-refractivity contribution is 5.70. The number of hydrogen-bond acceptors (Lipinski definition) is 15. The molecular weight excluding hydrogens is 925 g/mol. The molecule has 11 atom stereocenters. The lowest BCUT2D eigenvalue weighted by Gasteiger charge is -2.42. The first-order chi connectivity index (χ1) is 35.0. The van der Waals surface area contributed by atoms with Gasteiger partial charge >= 0.3 is 11.9 Å². The molecule has 0 aromatic heterocycles. The van der Waals surface area contributed by atoms with Crippen LogP contribution in [0.4, 0.5) is 0 Å². The van der Waals surface area contributed by atoms with E-state index in [2.05, 4.69) is 38.2 Å². The smallest absolute Gasteiger partial charge is 0.306 e. The standard InChI is InChI=1S/C57H104O15/c1-3-5-7-9-11-13-15-17-19-20-21-22-23-24-26-27-29-31-33-35-37-39-48(59)67-42-45(70-49(60)40-38-36-34-32-30-28-25-18-16-14-12-10-8-6-4-2)43-68-56-55(66)53(64)51(62)47(72-56)44-69-57-54(65)52(63)50(61)46(41-58)71-57/h17,19,28,30,45-47,50-58,61-66H,3-16,18,20-27,29,31-44H2,1-2H3/b19-17+,30-28+/t45-,46+,47+,50-,51-,52?,53?,54?,55?,56+,57+/m0/s1. The third-order valence-corrected chi connectivity index (χ3v) is 13.9. The first-order valence-electron chi connectivity index (χ1n) is 28.9. The van der Waals surface area contributed by atoms with Crippen LogP contribution in [0.3, 0.4) is 0 Å². The highest BCUT2D eigenvalue weighted by atomic mass is 16.7. The van der Waals surface area contributed by atoms with Gasteiger partial charge in [-0.2, -0.15) is 0 Å². The molecule has 7 N–H and O–H groups in total. The van der Waals surface area contributed by atoms with Gasteiger partial charge in [0.05, 0.1) is 19.8 Å². The van der Waals surface area contributed by atoms with Gasteiger partial charge in [-0.05, 0) is 64.2 Å². The number of unbranched alkanes of at least 4 members (excludes halogenated alkanes) is 28. The maximum absolute atomic E-state index is 13.0. The minimum Gasteiger partial charge on any atom is -0.462 e. The van der Waals surface area contributed by atoms with Crippen molar-refractivity contribution in [2.45, 2.75) is 300 Å². The van der Waals surface area contributed by atoms with Crippen molar-refractivity contribution in [2.24, 2.45) is 0 Å². The predicted molar refractivity (Wildman–Crippen MR) is 280 cm³/mol. The van der Waals surface area contributed by atoms with Gasteiger partial charge < -0.3 is 64.2 Å². The third-order valence-electron chi connectivity index (χ3n) is 13.9. The van der Waals surface area contributed by atoms with Crippen LogP contribution in [0.5, 0.6) is 0 Å². The van der Waals surface area contributed by atoms with E-state index in [1.807, 2.05) is 0 Å². The van der Waals surface area contributed by atoms with Crippen molar-refractivity contribution in [3.8, 4) is 0 Å². The van der Waals surface area contributed by atoms with Crippen LogP contribution in [-0.4, -0.2) is 142 Å². The van der Waals surface area contributed by atoms with Crippen LogP contribution in [0.15, 0.2) is 24.3 Å². The number of ether oxygens (including phenoxy) is 6. The van der Waals surface area contributed by atoms with Crippen molar-refractivity contribution in [3.05, 3.63) is 24.3 Å². The van der Waals surface area contributed by atoms with Gasteiger partial charge in [-0.1, -0.05) is 179 Å². The second-order valence-electron chi connectivity index (χ2n) is 20.5. The summed E-state index contributed by atoms with van der Waals surface area (Å²) < 4.78 is 33.7. The molecule has 72 heavy (non-hydrogen) atoms. The fourth-order valence-electron chi connectivity index (χ4n) is 9.15. The summed E-state index contributed by atoms with van der Waals surface area (Å²) in [4.78, 5) is 25.9. The molecule has 2 saturated heterocycles. The summed E-state index contributed by atoms with van der Waals surface area (Å²) in [6.45, 7) is 2.60. The molecule has 0 aliphatic carbocycles. The van der Waals surface area contributed by atoms with Crippen molar-refractivity contribution in [1.82, 2.24) is 0 Å². The summed E-state index contributed by atoms with van der Waals surface area (Å²) in [5.41, 5.74) is 0. The van der Waals surface area contributed by atoms with E-state index >= 15 is 0 Å². The summed E-state index contributed by atoms with van der Waals surface area (Å²) in [6.07, 6.45) is 30.6. The first kappa shape index (κ1) is 66.1. The Labute approximate surface area is 434 Å². The molecule has 2 aliphatic rings. The van der Waals surface area contributed by atoms with Crippen LogP contribution in [-0.2, 0) is 38.0 Å². The number of esters is 2. The highest BCUT2D eigenvalue weighted by Crippen LogP contribution is 2.27. The summed E-state index contributed by atoms with van der Waals surface area (Å²) in [5.74, 6) is -0.935. The van der Waals surface area contributed by atoms with Crippen molar-refractivity contribution in [3.63, 3.8) is 0 Å². The normalized spacial score (nSPS) is 25.1. The summed E-state index contributed by atoms with van der Waals surface area (Å²) in [7, 11) is 0. The second kappa shape index (κ2) is 44.1. The predicted octanol–water partition coefficient (Wildman–Crippen LogP) is 9.50. The molecule has 4 unspecified atom stereocenters. The van der Waals surface area contributed by atoms with Crippen LogP contribution in [0.25, 0.3) is 0 Å². The molecule has 15 nitrogen and oxygen atoms in total. The fraction of sp³-hybridized carbons (Fsp3) is 0.895. The Bertz CT molecular complexity index is 1350. The van der Waals surface area contributed by atoms with Crippen LogP contribution >= 0.6 is 0 Å². The van der Waals surface area contributed by atoms with E-state index in [0.29, 0.717) is 12.8 Å². The van der Waals surface area contributed by atoms with Gasteiger partial charge in [-0.15, -0.1) is 0 Å². The van der Waals surface area contributed by atoms with Gasteiger partial charge in [0.2, 0.25) is 0 Å². The maximum atomic E-state index is 13.0. The lowest BCUT2D eigenvalue weighted by molar-refractivity contribution is -0.332. The van der Waals surface area contributed by atoms with Crippen LogP contribution in [0, 0.1) is 0 Å². The SMILES string of the molecule is CCCCCCCC/C=C/CCCCCCCCCCCCCC(=O)OC[C@@H](CO[C@@H]1O[C@H](CO[C@@H]2O[C@H](CO)[C@H](O)C(O)C2O)[C@H](O)C(O)C1O)OC(=O)CCCCC/C=C/CCCCCCCCCC. The van der Waals surface area contributed by atoms with Crippen LogP contribution < -0.4 is 0 Å². The zero-order valence-corrected chi connectivity index (χ0v) is 44.9.